The van der Waals surface area contributed by atoms with E-state index in [1.54, 1.807) is 0 Å². The lowest BCUT2D eigenvalue weighted by atomic mass is 10.0. The largest absolute Gasteiger partial charge is 0.490 e. The number of ether oxygens (including phenoxy) is 1. The first-order valence-electron chi connectivity index (χ1n) is 10.4. The molecule has 0 unspecified atom stereocenters. The van der Waals surface area contributed by atoms with E-state index in [-0.39, 0.29) is 25.4 Å². The van der Waals surface area contributed by atoms with E-state index in [4.69, 9.17) is 4.74 Å². The summed E-state index contributed by atoms with van der Waals surface area (Å²) in [6.07, 6.45) is 7.11. The molecule has 3 aromatic rings. The first-order valence-corrected chi connectivity index (χ1v) is 10.4. The van der Waals surface area contributed by atoms with Crippen molar-refractivity contribution in [3.8, 4) is 16.9 Å². The van der Waals surface area contributed by atoms with Crippen LogP contribution >= 0.6 is 0 Å². The zero-order valence-electron chi connectivity index (χ0n) is 17.2. The van der Waals surface area contributed by atoms with Crippen molar-refractivity contribution in [2.75, 3.05) is 6.54 Å². The van der Waals surface area contributed by atoms with Crippen LogP contribution in [0.15, 0.2) is 24.5 Å². The summed E-state index contributed by atoms with van der Waals surface area (Å²) in [6, 6.07) is 4.20. The topological polar surface area (TPSA) is 74.0 Å². The van der Waals surface area contributed by atoms with Crippen LogP contribution in [0.2, 0.25) is 0 Å². The number of hydrogen-bond acceptors (Lipinski definition) is 4. The first kappa shape index (κ1) is 20.4. The summed E-state index contributed by atoms with van der Waals surface area (Å²) in [5.74, 6) is 1.89. The fraction of sp³-hybridized carbons (Fsp3) is 0.522. The maximum Gasteiger partial charge on any atom is 0.220 e. The maximum absolute atomic E-state index is 11.6. The molecule has 1 aliphatic heterocycles. The Morgan fingerprint density at radius 3 is 2.80 bits per heavy atom. The Hall–Kier alpha value is -2.83. The van der Waals surface area contributed by atoms with E-state index in [0.717, 1.165) is 45.9 Å². The van der Waals surface area contributed by atoms with Crippen LogP contribution in [0, 0.1) is 18.8 Å². The lowest BCUT2D eigenvalue weighted by Gasteiger charge is -2.20. The van der Waals surface area contributed by atoms with Gasteiger partial charge in [0.25, 0.3) is 0 Å². The van der Waals surface area contributed by atoms with Gasteiger partial charge < -0.3 is 10.1 Å². The van der Waals surface area contributed by atoms with Gasteiger partial charge in [0.15, 0.2) is 0 Å². The molecule has 1 N–H and O–H groups in total. The van der Waals surface area contributed by atoms with Gasteiger partial charge in [0, 0.05) is 49.9 Å². The Morgan fingerprint density at radius 1 is 1.30 bits per heavy atom. The second-order valence-electron chi connectivity index (χ2n) is 8.56. The van der Waals surface area contributed by atoms with Crippen LogP contribution in [-0.2, 0) is 18.4 Å². The van der Waals surface area contributed by atoms with Gasteiger partial charge in [-0.05, 0) is 50.3 Å². The van der Waals surface area contributed by atoms with Gasteiger partial charge >= 0.3 is 0 Å². The minimum atomic E-state index is -0.0652. The molecule has 1 aliphatic carbocycles. The first-order chi connectivity index (χ1) is 14.0. The molecule has 1 saturated carbocycles. The number of nitrogens with zero attached hydrogens (tertiary/aromatic N) is 4. The molecule has 2 atom stereocenters. The number of nitrogens with one attached hydrogen (secondary N) is 1. The van der Waals surface area contributed by atoms with Crippen LogP contribution in [0.4, 0.5) is 0 Å². The molecule has 1 amide bonds. The van der Waals surface area contributed by atoms with Crippen LogP contribution in [0.25, 0.3) is 22.0 Å². The van der Waals surface area contributed by atoms with Crippen molar-refractivity contribution in [2.45, 2.75) is 53.2 Å². The van der Waals surface area contributed by atoms with Gasteiger partial charge in [0.2, 0.25) is 5.91 Å². The summed E-state index contributed by atoms with van der Waals surface area (Å²) in [6.45, 7) is 5.76. The maximum atomic E-state index is 11.6. The molecule has 0 bridgehead atoms. The number of carbonyl (C=O) groups is 1. The van der Waals surface area contributed by atoms with Crippen LogP contribution < -0.4 is 10.1 Å². The monoisotopic (exact) mass is 409 g/mol. The van der Waals surface area contributed by atoms with Crippen molar-refractivity contribution in [3.05, 3.63) is 30.2 Å². The van der Waals surface area contributed by atoms with Crippen molar-refractivity contribution in [1.29, 1.82) is 0 Å². The molecule has 0 spiro atoms. The fourth-order valence-corrected chi connectivity index (χ4v) is 4.13. The molecule has 2 fully saturated rings. The molecule has 3 heterocycles. The number of hydrogen-bond donors (Lipinski definition) is 1. The van der Waals surface area contributed by atoms with Crippen molar-refractivity contribution < 1.29 is 9.53 Å². The lowest BCUT2D eigenvalue weighted by Crippen LogP contribution is -2.25. The van der Waals surface area contributed by atoms with Crippen LogP contribution in [0.5, 0.6) is 5.75 Å². The molecule has 5 rings (SSSR count). The van der Waals surface area contributed by atoms with Gasteiger partial charge in [0.1, 0.15) is 11.9 Å². The Labute approximate surface area is 177 Å². The molecule has 7 nitrogen and oxygen atoms in total. The number of rotatable bonds is 6. The molecule has 1 aromatic carbocycles. The standard InChI is InChI=1S/C22H27N5O2.CH4/c1-13-22-19(25-26(13)3)6-16(18-10-24-27(12-18)11-15-4-5-15)7-20(22)29-14(2)17-8-21(28)23-9-17;/h6-7,10,12,14-15,17H,4-5,8-9,11H2,1-3H3,(H,23,28);1H4/t14-,17-;/m1./s1. The zero-order chi connectivity index (χ0) is 20.1. The molecular weight excluding hydrogens is 378 g/mol. The summed E-state index contributed by atoms with van der Waals surface area (Å²) in [5, 5.41) is 13.2. The highest BCUT2D eigenvalue weighted by Gasteiger charge is 2.29. The molecule has 160 valence electrons. The Bertz CT molecular complexity index is 1080. The normalized spacial score (nSPS) is 19.6. The van der Waals surface area contributed by atoms with Crippen molar-refractivity contribution >= 4 is 16.8 Å². The third-order valence-corrected chi connectivity index (χ3v) is 6.28. The lowest BCUT2D eigenvalue weighted by molar-refractivity contribution is -0.119. The summed E-state index contributed by atoms with van der Waals surface area (Å²) >= 11 is 0. The van der Waals surface area contributed by atoms with E-state index in [0.29, 0.717) is 13.0 Å². The van der Waals surface area contributed by atoms with E-state index in [1.165, 1.54) is 12.8 Å². The number of aryl methyl sites for hydroxylation is 2. The van der Waals surface area contributed by atoms with Gasteiger partial charge in [-0.3, -0.25) is 14.2 Å². The van der Waals surface area contributed by atoms with E-state index in [1.807, 2.05) is 29.5 Å². The second kappa shape index (κ2) is 7.78. The summed E-state index contributed by atoms with van der Waals surface area (Å²) in [4.78, 5) is 11.6. The highest BCUT2D eigenvalue weighted by molar-refractivity contribution is 5.92. The zero-order valence-corrected chi connectivity index (χ0v) is 17.2. The van der Waals surface area contributed by atoms with Crippen molar-refractivity contribution in [2.24, 2.45) is 18.9 Å². The Balaban J connectivity index is 0.00000218. The highest BCUT2D eigenvalue weighted by atomic mass is 16.5. The molecule has 30 heavy (non-hydrogen) atoms. The molecule has 7 heteroatoms. The average Bonchev–Trinajstić information content (AvgIpc) is 3.07. The minimum absolute atomic E-state index is 0. The number of aromatic nitrogens is 4. The quantitative estimate of drug-likeness (QED) is 0.674. The predicted molar refractivity (Wildman–Crippen MR) is 117 cm³/mol. The highest BCUT2D eigenvalue weighted by Crippen LogP contribution is 2.36. The third kappa shape index (κ3) is 3.80. The average molecular weight is 410 g/mol. The van der Waals surface area contributed by atoms with Gasteiger partial charge in [-0.2, -0.15) is 10.2 Å². The van der Waals surface area contributed by atoms with Crippen molar-refractivity contribution in [3.63, 3.8) is 0 Å². The number of amides is 1. The van der Waals surface area contributed by atoms with Gasteiger partial charge in [0.05, 0.1) is 17.1 Å². The number of benzene rings is 1. The summed E-state index contributed by atoms with van der Waals surface area (Å²) in [5.41, 5.74) is 4.12. The van der Waals surface area contributed by atoms with Crippen LogP contribution in [-0.4, -0.2) is 38.1 Å². The molecule has 1 saturated heterocycles. The summed E-state index contributed by atoms with van der Waals surface area (Å²) in [7, 11) is 1.95. The van der Waals surface area contributed by atoms with Gasteiger partial charge in [-0.1, -0.05) is 7.43 Å². The molecule has 2 aliphatic rings. The van der Waals surface area contributed by atoms with E-state index < -0.39 is 0 Å². The molecular formula is C23H31N5O2. The minimum Gasteiger partial charge on any atom is -0.490 e. The van der Waals surface area contributed by atoms with Crippen molar-refractivity contribution in [1.82, 2.24) is 24.9 Å². The fourth-order valence-electron chi connectivity index (χ4n) is 4.13. The van der Waals surface area contributed by atoms with E-state index in [9.17, 15) is 4.79 Å². The Kier molecular flexibility index (Phi) is 5.30. The number of carbonyl (C=O) groups excluding carboxylic acids is 1. The molecule has 2 aromatic heterocycles. The predicted octanol–water partition coefficient (Wildman–Crippen LogP) is 3.69. The second-order valence-corrected chi connectivity index (χ2v) is 8.56. The third-order valence-electron chi connectivity index (χ3n) is 6.28. The van der Waals surface area contributed by atoms with Crippen LogP contribution in [0.1, 0.15) is 39.3 Å². The van der Waals surface area contributed by atoms with E-state index in [2.05, 4.69) is 40.8 Å². The number of fused-ring (bicyclic) bond motifs is 1. The molecule has 0 radical (unpaired) electrons. The van der Waals surface area contributed by atoms with Gasteiger partial charge in [-0.25, -0.2) is 0 Å². The summed E-state index contributed by atoms with van der Waals surface area (Å²) < 4.78 is 10.4. The van der Waals surface area contributed by atoms with Gasteiger partial charge in [-0.15, -0.1) is 0 Å². The smallest absolute Gasteiger partial charge is 0.220 e. The SMILES string of the molecule is C.Cc1c2c(O[C@H](C)[C@H]3CNC(=O)C3)cc(-c3cnn(CC4CC4)c3)cc2nn1C. The van der Waals surface area contributed by atoms with Crippen LogP contribution in [0.3, 0.4) is 0 Å². The Morgan fingerprint density at radius 2 is 2.10 bits per heavy atom. The van der Waals surface area contributed by atoms with E-state index >= 15 is 0 Å².